The molecule has 5 nitrogen and oxygen atoms in total. The predicted octanol–water partition coefficient (Wildman–Crippen LogP) is 2.54. The number of nitrogens with zero attached hydrogens (tertiary/aromatic N) is 3. The van der Waals surface area contributed by atoms with Gasteiger partial charge in [-0.15, -0.1) is 11.3 Å². The summed E-state index contributed by atoms with van der Waals surface area (Å²) < 4.78 is 5.36. The molecule has 0 bridgehead atoms. The minimum Gasteiger partial charge on any atom is -0.378 e. The van der Waals surface area contributed by atoms with Gasteiger partial charge in [-0.1, -0.05) is 11.3 Å². The van der Waals surface area contributed by atoms with Gasteiger partial charge in [-0.3, -0.25) is 0 Å². The zero-order valence-electron chi connectivity index (χ0n) is 10.8. The molecule has 1 N–H and O–H groups in total. The third-order valence-corrected chi connectivity index (χ3v) is 4.74. The van der Waals surface area contributed by atoms with Gasteiger partial charge in [0.05, 0.1) is 23.8 Å². The van der Waals surface area contributed by atoms with Crippen molar-refractivity contribution >= 4 is 32.9 Å². The fraction of sp³-hybridized carbons (Fsp3) is 0.500. The topological polar surface area (TPSA) is 50.3 Å². The smallest absolute Gasteiger partial charge is 0.186 e. The Morgan fingerprint density at radius 2 is 2.26 bits per heavy atom. The van der Waals surface area contributed by atoms with Crippen LogP contribution in [0.2, 0.25) is 0 Å². The van der Waals surface area contributed by atoms with Gasteiger partial charge in [-0.05, 0) is 6.92 Å². The molecule has 1 aliphatic heterocycles. The van der Waals surface area contributed by atoms with Gasteiger partial charge in [0.1, 0.15) is 0 Å². The van der Waals surface area contributed by atoms with Gasteiger partial charge < -0.3 is 15.0 Å². The van der Waals surface area contributed by atoms with Crippen LogP contribution in [0.5, 0.6) is 0 Å². The Hall–Kier alpha value is -1.18. The summed E-state index contributed by atoms with van der Waals surface area (Å²) in [4.78, 5) is 12.5. The summed E-state index contributed by atoms with van der Waals surface area (Å²) in [6.45, 7) is 6.39. The highest BCUT2D eigenvalue weighted by atomic mass is 32.1. The molecule has 0 amide bonds. The SMILES string of the molecule is CCNc1nc(-c2cnc(N3CCOCC3)s2)cs1. The number of hydrogen-bond acceptors (Lipinski definition) is 7. The first-order valence-corrected chi connectivity index (χ1v) is 8.04. The Kier molecular flexibility index (Phi) is 3.95. The van der Waals surface area contributed by atoms with Crippen LogP contribution in [0.25, 0.3) is 10.6 Å². The number of rotatable bonds is 4. The zero-order chi connectivity index (χ0) is 13.1. The van der Waals surface area contributed by atoms with Gasteiger partial charge in [0, 0.05) is 31.2 Å². The number of morpholine rings is 1. The first-order valence-electron chi connectivity index (χ1n) is 6.35. The van der Waals surface area contributed by atoms with Crippen LogP contribution in [-0.4, -0.2) is 42.8 Å². The van der Waals surface area contributed by atoms with E-state index in [9.17, 15) is 0 Å². The van der Waals surface area contributed by atoms with E-state index in [0.717, 1.165) is 53.7 Å². The van der Waals surface area contributed by atoms with Crippen LogP contribution in [0.1, 0.15) is 6.92 Å². The van der Waals surface area contributed by atoms with E-state index in [4.69, 9.17) is 4.74 Å². The highest BCUT2D eigenvalue weighted by molar-refractivity contribution is 7.19. The fourth-order valence-corrected chi connectivity index (χ4v) is 3.69. The highest BCUT2D eigenvalue weighted by Gasteiger charge is 2.16. The third-order valence-electron chi connectivity index (χ3n) is 2.86. The maximum Gasteiger partial charge on any atom is 0.186 e. The zero-order valence-corrected chi connectivity index (χ0v) is 12.4. The van der Waals surface area contributed by atoms with E-state index in [0.29, 0.717) is 0 Å². The molecule has 0 aromatic carbocycles. The van der Waals surface area contributed by atoms with Gasteiger partial charge in [0.25, 0.3) is 0 Å². The molecule has 0 atom stereocenters. The van der Waals surface area contributed by atoms with Crippen molar-refractivity contribution in [2.24, 2.45) is 0 Å². The second kappa shape index (κ2) is 5.85. The van der Waals surface area contributed by atoms with Crippen LogP contribution in [0, 0.1) is 0 Å². The normalized spacial score (nSPS) is 15.7. The van der Waals surface area contributed by atoms with Gasteiger partial charge in [-0.25, -0.2) is 9.97 Å². The molecule has 3 rings (SSSR count). The second-order valence-corrected chi connectivity index (χ2v) is 6.04. The van der Waals surface area contributed by atoms with Crippen molar-refractivity contribution < 1.29 is 4.74 Å². The maximum absolute atomic E-state index is 5.36. The van der Waals surface area contributed by atoms with Crippen LogP contribution in [0.3, 0.4) is 0 Å². The lowest BCUT2D eigenvalue weighted by Crippen LogP contribution is -2.36. The number of aromatic nitrogens is 2. The fourth-order valence-electron chi connectivity index (χ4n) is 1.90. The maximum atomic E-state index is 5.36. The van der Waals surface area contributed by atoms with Crippen molar-refractivity contribution in [1.29, 1.82) is 0 Å². The first kappa shape index (κ1) is 12.8. The summed E-state index contributed by atoms with van der Waals surface area (Å²) in [7, 11) is 0. The molecule has 1 fully saturated rings. The van der Waals surface area contributed by atoms with Crippen molar-refractivity contribution in [3.8, 4) is 10.6 Å². The highest BCUT2D eigenvalue weighted by Crippen LogP contribution is 2.33. The molecule has 2 aromatic heterocycles. The van der Waals surface area contributed by atoms with Crippen LogP contribution in [0.4, 0.5) is 10.3 Å². The van der Waals surface area contributed by atoms with E-state index in [1.54, 1.807) is 22.7 Å². The summed E-state index contributed by atoms with van der Waals surface area (Å²) in [6, 6.07) is 0. The predicted molar refractivity (Wildman–Crippen MR) is 80.4 cm³/mol. The van der Waals surface area contributed by atoms with E-state index in [1.165, 1.54) is 0 Å². The van der Waals surface area contributed by atoms with E-state index in [1.807, 2.05) is 6.20 Å². The van der Waals surface area contributed by atoms with Gasteiger partial charge in [-0.2, -0.15) is 0 Å². The van der Waals surface area contributed by atoms with Crippen molar-refractivity contribution in [1.82, 2.24) is 9.97 Å². The molecule has 1 saturated heterocycles. The van der Waals surface area contributed by atoms with E-state index >= 15 is 0 Å². The first-order chi connectivity index (χ1) is 9.36. The molecule has 0 spiro atoms. The third kappa shape index (κ3) is 2.88. The molecule has 102 valence electrons. The molecule has 1 aliphatic rings. The van der Waals surface area contributed by atoms with Crippen LogP contribution in [0.15, 0.2) is 11.6 Å². The summed E-state index contributed by atoms with van der Waals surface area (Å²) in [5, 5.41) is 7.35. The van der Waals surface area contributed by atoms with Gasteiger partial charge in [0.2, 0.25) is 0 Å². The molecule has 0 aliphatic carbocycles. The molecular weight excluding hydrogens is 280 g/mol. The summed E-state index contributed by atoms with van der Waals surface area (Å²) >= 11 is 3.34. The number of hydrogen-bond donors (Lipinski definition) is 1. The molecule has 0 unspecified atom stereocenters. The Balaban J connectivity index is 1.75. The lowest BCUT2D eigenvalue weighted by Gasteiger charge is -2.25. The van der Waals surface area contributed by atoms with E-state index < -0.39 is 0 Å². The molecule has 3 heterocycles. The minimum absolute atomic E-state index is 0.788. The lowest BCUT2D eigenvalue weighted by atomic mass is 10.4. The summed E-state index contributed by atoms with van der Waals surface area (Å²) in [6.07, 6.45) is 1.92. The van der Waals surface area contributed by atoms with Crippen LogP contribution >= 0.6 is 22.7 Å². The number of ether oxygens (including phenoxy) is 1. The second-order valence-electron chi connectivity index (χ2n) is 4.17. The van der Waals surface area contributed by atoms with E-state index in [-0.39, 0.29) is 0 Å². The standard InChI is InChI=1S/C12H16N4OS2/c1-2-13-11-15-9(8-18-11)10-7-14-12(19-10)16-3-5-17-6-4-16/h7-8H,2-6H2,1H3,(H,13,15). The van der Waals surface area contributed by atoms with Crippen LogP contribution in [-0.2, 0) is 4.74 Å². The Morgan fingerprint density at radius 3 is 3.05 bits per heavy atom. The summed E-state index contributed by atoms with van der Waals surface area (Å²) in [5.41, 5.74) is 1.01. The van der Waals surface area contributed by atoms with Crippen molar-refractivity contribution in [3.63, 3.8) is 0 Å². The van der Waals surface area contributed by atoms with Gasteiger partial charge >= 0.3 is 0 Å². The Labute approximate surface area is 120 Å². The quantitative estimate of drug-likeness (QED) is 0.939. The molecular formula is C12H16N4OS2. The monoisotopic (exact) mass is 296 g/mol. The van der Waals surface area contributed by atoms with Crippen molar-refractivity contribution in [3.05, 3.63) is 11.6 Å². The Morgan fingerprint density at radius 1 is 1.42 bits per heavy atom. The molecule has 2 aromatic rings. The molecule has 0 saturated carbocycles. The average Bonchev–Trinajstić information content (AvgIpc) is 3.08. The number of nitrogens with one attached hydrogen (secondary N) is 1. The van der Waals surface area contributed by atoms with Crippen molar-refractivity contribution in [2.75, 3.05) is 43.1 Å². The molecule has 0 radical (unpaired) electrons. The molecule has 19 heavy (non-hydrogen) atoms. The Bertz CT molecular complexity index is 533. The number of thiazole rings is 2. The minimum atomic E-state index is 0.788. The van der Waals surface area contributed by atoms with Crippen molar-refractivity contribution in [2.45, 2.75) is 6.92 Å². The number of anilines is 2. The molecule has 7 heteroatoms. The lowest BCUT2D eigenvalue weighted by molar-refractivity contribution is 0.122. The van der Waals surface area contributed by atoms with Crippen LogP contribution < -0.4 is 10.2 Å². The largest absolute Gasteiger partial charge is 0.378 e. The van der Waals surface area contributed by atoms with E-state index in [2.05, 4.69) is 32.5 Å². The summed E-state index contributed by atoms with van der Waals surface area (Å²) in [5.74, 6) is 0. The average molecular weight is 296 g/mol. The van der Waals surface area contributed by atoms with Gasteiger partial charge in [0.15, 0.2) is 10.3 Å².